The summed E-state index contributed by atoms with van der Waals surface area (Å²) in [6.45, 7) is 0.828. The predicted octanol–water partition coefficient (Wildman–Crippen LogP) is 2.70. The van der Waals surface area contributed by atoms with E-state index in [1.807, 2.05) is 0 Å². The Morgan fingerprint density at radius 3 is 2.95 bits per heavy atom. The van der Waals surface area contributed by atoms with Gasteiger partial charge in [-0.25, -0.2) is 0 Å². The molecule has 2 unspecified atom stereocenters. The van der Waals surface area contributed by atoms with Gasteiger partial charge in [-0.05, 0) is 25.0 Å². The largest absolute Gasteiger partial charge is 0.496 e. The number of methoxy groups -OCH3 is 1. The lowest BCUT2D eigenvalue weighted by atomic mass is 9.76. The van der Waals surface area contributed by atoms with Crippen molar-refractivity contribution >= 4 is 11.6 Å². The van der Waals surface area contributed by atoms with Crippen LogP contribution in [0.15, 0.2) is 18.2 Å². The van der Waals surface area contributed by atoms with E-state index in [4.69, 9.17) is 21.1 Å². The molecule has 1 N–H and O–H groups in total. The van der Waals surface area contributed by atoms with E-state index in [2.05, 4.69) is 6.07 Å². The molecule has 19 heavy (non-hydrogen) atoms. The molecule has 1 heterocycles. The number of hydrogen-bond acceptors (Lipinski definition) is 4. The SMILES string of the molecule is COc1cccc(Cl)c1C(O)C1(C#N)CCCOC1. The van der Waals surface area contributed by atoms with E-state index in [9.17, 15) is 10.4 Å². The number of aliphatic hydroxyl groups excluding tert-OH is 1. The Kier molecular flexibility index (Phi) is 4.31. The molecule has 2 atom stereocenters. The lowest BCUT2D eigenvalue weighted by Gasteiger charge is -2.35. The summed E-state index contributed by atoms with van der Waals surface area (Å²) in [5.74, 6) is 0.486. The Hall–Kier alpha value is -1.28. The molecule has 0 amide bonds. The molecule has 102 valence electrons. The summed E-state index contributed by atoms with van der Waals surface area (Å²) in [5.41, 5.74) is -0.505. The van der Waals surface area contributed by atoms with E-state index in [0.29, 0.717) is 29.4 Å². The number of aliphatic hydroxyl groups is 1. The first-order valence-electron chi connectivity index (χ1n) is 6.14. The van der Waals surface area contributed by atoms with E-state index in [1.165, 1.54) is 7.11 Å². The zero-order valence-electron chi connectivity index (χ0n) is 10.7. The molecule has 1 aliphatic rings. The normalized spacial score (nSPS) is 24.5. The molecule has 0 radical (unpaired) electrons. The summed E-state index contributed by atoms with van der Waals surface area (Å²) in [6.07, 6.45) is 0.303. The number of rotatable bonds is 3. The number of ether oxygens (including phenoxy) is 2. The summed E-state index contributed by atoms with van der Waals surface area (Å²) < 4.78 is 10.6. The molecule has 0 spiro atoms. The highest BCUT2D eigenvalue weighted by molar-refractivity contribution is 6.31. The first-order valence-corrected chi connectivity index (χ1v) is 6.52. The highest BCUT2D eigenvalue weighted by Crippen LogP contribution is 2.45. The van der Waals surface area contributed by atoms with Gasteiger partial charge in [-0.15, -0.1) is 0 Å². The quantitative estimate of drug-likeness (QED) is 0.925. The maximum absolute atomic E-state index is 10.6. The smallest absolute Gasteiger partial charge is 0.126 e. The van der Waals surface area contributed by atoms with Gasteiger partial charge in [0.25, 0.3) is 0 Å². The molecule has 1 fully saturated rings. The van der Waals surface area contributed by atoms with E-state index in [1.54, 1.807) is 18.2 Å². The summed E-state index contributed by atoms with van der Waals surface area (Å²) in [4.78, 5) is 0. The Morgan fingerprint density at radius 1 is 1.58 bits per heavy atom. The van der Waals surface area contributed by atoms with E-state index < -0.39 is 11.5 Å². The zero-order valence-corrected chi connectivity index (χ0v) is 11.5. The van der Waals surface area contributed by atoms with Gasteiger partial charge < -0.3 is 14.6 Å². The maximum Gasteiger partial charge on any atom is 0.126 e. The molecule has 1 aliphatic heterocycles. The van der Waals surface area contributed by atoms with Crippen LogP contribution in [-0.2, 0) is 4.74 Å². The molecule has 0 bridgehead atoms. The van der Waals surface area contributed by atoms with E-state index in [-0.39, 0.29) is 6.61 Å². The first-order chi connectivity index (χ1) is 9.14. The van der Waals surface area contributed by atoms with Crippen LogP contribution in [0.2, 0.25) is 5.02 Å². The van der Waals surface area contributed by atoms with Crippen molar-refractivity contribution in [1.29, 1.82) is 5.26 Å². The molecule has 4 nitrogen and oxygen atoms in total. The minimum Gasteiger partial charge on any atom is -0.496 e. The molecular formula is C14H16ClNO3. The van der Waals surface area contributed by atoms with Gasteiger partial charge in [-0.1, -0.05) is 17.7 Å². The minimum atomic E-state index is -1.03. The molecule has 5 heteroatoms. The summed E-state index contributed by atoms with van der Waals surface area (Å²) in [6, 6.07) is 7.35. The molecule has 1 aromatic carbocycles. The highest BCUT2D eigenvalue weighted by atomic mass is 35.5. The van der Waals surface area contributed by atoms with Gasteiger partial charge in [-0.2, -0.15) is 5.26 Å². The van der Waals surface area contributed by atoms with Crippen LogP contribution in [0.4, 0.5) is 0 Å². The number of nitrogens with zero attached hydrogens (tertiary/aromatic N) is 1. The predicted molar refractivity (Wildman–Crippen MR) is 71.1 cm³/mol. The van der Waals surface area contributed by atoms with Crippen LogP contribution >= 0.6 is 11.6 Å². The number of nitriles is 1. The third kappa shape index (κ3) is 2.55. The second-order valence-electron chi connectivity index (χ2n) is 4.68. The molecule has 1 saturated heterocycles. The second kappa shape index (κ2) is 5.79. The Bertz CT molecular complexity index is 492. The van der Waals surface area contributed by atoms with Crippen LogP contribution in [-0.4, -0.2) is 25.4 Å². The van der Waals surface area contributed by atoms with Crippen LogP contribution in [0.5, 0.6) is 5.75 Å². The fraction of sp³-hybridized carbons (Fsp3) is 0.500. The maximum atomic E-state index is 10.6. The van der Waals surface area contributed by atoms with Gasteiger partial charge in [0.1, 0.15) is 17.3 Å². The van der Waals surface area contributed by atoms with Gasteiger partial charge in [-0.3, -0.25) is 0 Å². The van der Waals surface area contributed by atoms with Crippen LogP contribution in [0.25, 0.3) is 0 Å². The molecule has 0 aliphatic carbocycles. The number of halogens is 1. The van der Waals surface area contributed by atoms with Gasteiger partial charge >= 0.3 is 0 Å². The number of hydrogen-bond donors (Lipinski definition) is 1. The molecule has 2 rings (SSSR count). The average Bonchev–Trinajstić information content (AvgIpc) is 2.47. The molecule has 1 aromatic rings. The summed E-state index contributed by atoms with van der Waals surface area (Å²) in [7, 11) is 1.51. The third-order valence-corrected chi connectivity index (χ3v) is 3.85. The molecular weight excluding hydrogens is 266 g/mol. The van der Waals surface area contributed by atoms with Gasteiger partial charge in [0, 0.05) is 12.2 Å². The monoisotopic (exact) mass is 281 g/mol. The summed E-state index contributed by atoms with van der Waals surface area (Å²) in [5, 5.41) is 20.5. The van der Waals surface area contributed by atoms with Crippen molar-refractivity contribution in [2.45, 2.75) is 18.9 Å². The van der Waals surface area contributed by atoms with E-state index >= 15 is 0 Å². The molecule has 0 aromatic heterocycles. The second-order valence-corrected chi connectivity index (χ2v) is 5.09. The Balaban J connectivity index is 2.43. The summed E-state index contributed by atoms with van der Waals surface area (Å²) >= 11 is 6.15. The van der Waals surface area contributed by atoms with Crippen molar-refractivity contribution in [3.63, 3.8) is 0 Å². The highest BCUT2D eigenvalue weighted by Gasteiger charge is 2.43. The minimum absolute atomic E-state index is 0.207. The van der Waals surface area contributed by atoms with Crippen molar-refractivity contribution in [3.05, 3.63) is 28.8 Å². The van der Waals surface area contributed by atoms with Crippen molar-refractivity contribution in [2.24, 2.45) is 5.41 Å². The van der Waals surface area contributed by atoms with E-state index in [0.717, 1.165) is 6.42 Å². The lowest BCUT2D eigenvalue weighted by Crippen LogP contribution is -2.36. The zero-order chi connectivity index (χ0) is 13.9. The van der Waals surface area contributed by atoms with Crippen LogP contribution in [0.3, 0.4) is 0 Å². The van der Waals surface area contributed by atoms with Gasteiger partial charge in [0.15, 0.2) is 0 Å². The Morgan fingerprint density at radius 2 is 2.37 bits per heavy atom. The first kappa shape index (κ1) is 14.1. The lowest BCUT2D eigenvalue weighted by molar-refractivity contribution is -0.0511. The fourth-order valence-corrected chi connectivity index (χ4v) is 2.69. The average molecular weight is 282 g/mol. The van der Waals surface area contributed by atoms with Crippen LogP contribution in [0.1, 0.15) is 24.5 Å². The van der Waals surface area contributed by atoms with Crippen molar-refractivity contribution in [3.8, 4) is 11.8 Å². The van der Waals surface area contributed by atoms with Crippen LogP contribution in [0, 0.1) is 16.7 Å². The number of benzene rings is 1. The van der Waals surface area contributed by atoms with Gasteiger partial charge in [0.05, 0.1) is 24.8 Å². The fourth-order valence-electron chi connectivity index (χ4n) is 2.42. The van der Waals surface area contributed by atoms with Crippen molar-refractivity contribution in [1.82, 2.24) is 0 Å². The van der Waals surface area contributed by atoms with Crippen molar-refractivity contribution in [2.75, 3.05) is 20.3 Å². The molecule has 0 saturated carbocycles. The standard InChI is InChI=1S/C14H16ClNO3/c1-18-11-5-2-4-10(15)12(11)13(17)14(8-16)6-3-7-19-9-14/h2,4-5,13,17H,3,6-7,9H2,1H3. The van der Waals surface area contributed by atoms with Gasteiger partial charge in [0.2, 0.25) is 0 Å². The third-order valence-electron chi connectivity index (χ3n) is 3.52. The van der Waals surface area contributed by atoms with Crippen molar-refractivity contribution < 1.29 is 14.6 Å². The Labute approximate surface area is 117 Å². The topological polar surface area (TPSA) is 62.5 Å². The van der Waals surface area contributed by atoms with Crippen LogP contribution < -0.4 is 4.74 Å².